The van der Waals surface area contributed by atoms with Crippen LogP contribution in [0.1, 0.15) is 61.8 Å². The number of nitrogens with zero attached hydrogens (tertiary/aromatic N) is 1. The van der Waals surface area contributed by atoms with Crippen LogP contribution in [0, 0.1) is 6.92 Å². The number of aliphatic hydroxyl groups excluding tert-OH is 1. The fraction of sp³-hybridized carbons (Fsp3) is 0.733. The number of unbranched alkanes of at least 4 members (excludes halogenated alkanes) is 1. The van der Waals surface area contributed by atoms with Crippen molar-refractivity contribution in [2.45, 2.75) is 53.6 Å². The predicted octanol–water partition coefficient (Wildman–Crippen LogP) is 2.01. The van der Waals surface area contributed by atoms with Gasteiger partial charge in [-0.1, -0.05) is 32.3 Å². The summed E-state index contributed by atoms with van der Waals surface area (Å²) < 4.78 is 4.86. The Morgan fingerprint density at radius 2 is 1.90 bits per heavy atom. The van der Waals surface area contributed by atoms with Crippen molar-refractivity contribution >= 4 is 5.91 Å². The second-order valence-electron chi connectivity index (χ2n) is 4.45. The fourth-order valence-electron chi connectivity index (χ4n) is 1.65. The lowest BCUT2D eigenvalue weighted by Gasteiger charge is -2.05. The van der Waals surface area contributed by atoms with Crippen LogP contribution in [0.15, 0.2) is 4.52 Å². The molecule has 6 heteroatoms. The Morgan fingerprint density at radius 3 is 2.48 bits per heavy atom. The summed E-state index contributed by atoms with van der Waals surface area (Å²) in [6, 6.07) is 0. The number of carbonyl (C=O) groups excluding carboxylic acids is 1. The Bertz CT molecular complexity index is 392. The van der Waals surface area contributed by atoms with Gasteiger partial charge in [-0.25, -0.2) is 0 Å². The van der Waals surface area contributed by atoms with Gasteiger partial charge in [-0.15, -0.1) is 0 Å². The van der Waals surface area contributed by atoms with E-state index in [0.29, 0.717) is 17.9 Å². The molecule has 0 unspecified atom stereocenters. The highest BCUT2D eigenvalue weighted by molar-refractivity contribution is 5.93. The maximum absolute atomic E-state index is 11.8. The molecule has 0 aliphatic carbocycles. The van der Waals surface area contributed by atoms with E-state index in [0.717, 1.165) is 19.5 Å². The molecule has 1 rings (SSSR count). The van der Waals surface area contributed by atoms with E-state index >= 15 is 0 Å². The molecule has 0 fully saturated rings. The number of aromatic nitrogens is 1. The summed E-state index contributed by atoms with van der Waals surface area (Å²) in [5.74, 6) is 0.0842. The lowest BCUT2D eigenvalue weighted by molar-refractivity contribution is 0.0943. The van der Waals surface area contributed by atoms with Gasteiger partial charge in [-0.05, 0) is 32.9 Å². The first kappa shape index (κ1) is 19.6. The average Bonchev–Trinajstić information content (AvgIpc) is 2.89. The Morgan fingerprint density at radius 1 is 1.24 bits per heavy atom. The van der Waals surface area contributed by atoms with Gasteiger partial charge in [0.05, 0.1) is 0 Å². The molecule has 0 radical (unpaired) electrons. The summed E-state index contributed by atoms with van der Waals surface area (Å²) in [7, 11) is 0. The molecule has 0 aliphatic heterocycles. The van der Waals surface area contributed by atoms with E-state index in [1.807, 2.05) is 13.8 Å². The van der Waals surface area contributed by atoms with Crippen molar-refractivity contribution in [3.05, 3.63) is 17.0 Å². The molecule has 21 heavy (non-hydrogen) atoms. The number of aliphatic hydroxyl groups is 1. The Hall–Kier alpha value is -1.40. The highest BCUT2D eigenvalue weighted by Crippen LogP contribution is 2.12. The molecule has 0 atom stereocenters. The minimum atomic E-state index is -0.255. The predicted molar refractivity (Wildman–Crippen MR) is 83.2 cm³/mol. The summed E-state index contributed by atoms with van der Waals surface area (Å²) >= 11 is 0. The molecule has 1 aromatic rings. The molecule has 0 aromatic carbocycles. The molecule has 6 nitrogen and oxygen atoms in total. The minimum absolute atomic E-state index is 0.243. The molecule has 0 saturated carbocycles. The van der Waals surface area contributed by atoms with Gasteiger partial charge in [0.2, 0.25) is 0 Å². The number of nitrogens with one attached hydrogen (secondary N) is 2. The maximum Gasteiger partial charge on any atom is 0.273 e. The van der Waals surface area contributed by atoms with Gasteiger partial charge in [0.25, 0.3) is 5.91 Å². The second kappa shape index (κ2) is 12.3. The second-order valence-corrected chi connectivity index (χ2v) is 4.45. The first-order valence-electron chi connectivity index (χ1n) is 7.75. The number of hydrogen-bond acceptors (Lipinski definition) is 5. The van der Waals surface area contributed by atoms with Gasteiger partial charge in [-0.2, -0.15) is 0 Å². The minimum Gasteiger partial charge on any atom is -0.388 e. The fourth-order valence-corrected chi connectivity index (χ4v) is 1.65. The van der Waals surface area contributed by atoms with Gasteiger partial charge < -0.3 is 20.3 Å². The topological polar surface area (TPSA) is 87.4 Å². The zero-order chi connectivity index (χ0) is 16.1. The first-order chi connectivity index (χ1) is 10.2. The lowest BCUT2D eigenvalue weighted by atomic mass is 10.2. The van der Waals surface area contributed by atoms with Gasteiger partial charge in [0.1, 0.15) is 6.61 Å². The molecule has 0 spiro atoms. The molecule has 3 N–H and O–H groups in total. The molecule has 1 amide bonds. The summed E-state index contributed by atoms with van der Waals surface area (Å²) in [4.78, 5) is 11.8. The van der Waals surface area contributed by atoms with Crippen LogP contribution in [-0.4, -0.2) is 35.8 Å². The zero-order valence-electron chi connectivity index (χ0n) is 13.7. The molecule has 0 saturated heterocycles. The maximum atomic E-state index is 11.8. The molecular formula is C15H29N3O3. The van der Waals surface area contributed by atoms with E-state index in [-0.39, 0.29) is 18.2 Å². The van der Waals surface area contributed by atoms with Crippen LogP contribution in [0.4, 0.5) is 0 Å². The van der Waals surface area contributed by atoms with E-state index in [4.69, 9.17) is 9.63 Å². The van der Waals surface area contributed by atoms with E-state index in [1.165, 1.54) is 12.8 Å². The Balaban J connectivity index is 0.00000191. The smallest absolute Gasteiger partial charge is 0.273 e. The van der Waals surface area contributed by atoms with Crippen molar-refractivity contribution in [2.75, 3.05) is 19.6 Å². The molecule has 122 valence electrons. The summed E-state index contributed by atoms with van der Waals surface area (Å²) in [6.45, 7) is 10.1. The summed E-state index contributed by atoms with van der Waals surface area (Å²) in [6.07, 6.45) is 3.23. The van der Waals surface area contributed by atoms with E-state index < -0.39 is 0 Å². The normalized spacial score (nSPS) is 9.95. The van der Waals surface area contributed by atoms with Crippen molar-refractivity contribution in [1.82, 2.24) is 15.8 Å². The van der Waals surface area contributed by atoms with Crippen LogP contribution in [0.3, 0.4) is 0 Å². The highest BCUT2D eigenvalue weighted by atomic mass is 16.5. The Labute approximate surface area is 127 Å². The number of hydrogen-bond donors (Lipinski definition) is 3. The molecule has 1 aromatic heterocycles. The molecular weight excluding hydrogens is 270 g/mol. The van der Waals surface area contributed by atoms with Gasteiger partial charge >= 0.3 is 0 Å². The van der Waals surface area contributed by atoms with Crippen LogP contribution in [0.2, 0.25) is 0 Å². The monoisotopic (exact) mass is 299 g/mol. The van der Waals surface area contributed by atoms with E-state index in [9.17, 15) is 4.79 Å². The molecule has 0 bridgehead atoms. The average molecular weight is 299 g/mol. The molecule has 0 aliphatic rings. The van der Waals surface area contributed by atoms with Crippen LogP contribution >= 0.6 is 0 Å². The third kappa shape index (κ3) is 7.24. The first-order valence-corrected chi connectivity index (χ1v) is 7.75. The summed E-state index contributed by atoms with van der Waals surface area (Å²) in [5, 5.41) is 18.7. The zero-order valence-corrected chi connectivity index (χ0v) is 13.7. The van der Waals surface area contributed by atoms with Gasteiger partial charge in [-0.3, -0.25) is 4.79 Å². The SMILES string of the molecule is CC.CCCCNCCCNC(=O)c1noc(CO)c1C. The standard InChI is InChI=1S/C13H23N3O3.C2H6/c1-3-4-6-14-7-5-8-15-13(18)12-10(2)11(9-17)19-16-12;1-2/h14,17H,3-9H2,1-2H3,(H,15,18);1-2H3. The van der Waals surface area contributed by atoms with Crippen molar-refractivity contribution in [1.29, 1.82) is 0 Å². The van der Waals surface area contributed by atoms with Crippen molar-refractivity contribution in [3.63, 3.8) is 0 Å². The van der Waals surface area contributed by atoms with E-state index in [2.05, 4.69) is 22.7 Å². The number of amides is 1. The third-order valence-electron chi connectivity index (χ3n) is 2.90. The van der Waals surface area contributed by atoms with Crippen molar-refractivity contribution < 1.29 is 14.4 Å². The van der Waals surface area contributed by atoms with Gasteiger partial charge in [0, 0.05) is 12.1 Å². The van der Waals surface area contributed by atoms with Crippen LogP contribution in [0.5, 0.6) is 0 Å². The van der Waals surface area contributed by atoms with E-state index in [1.54, 1.807) is 6.92 Å². The summed E-state index contributed by atoms with van der Waals surface area (Å²) in [5.41, 5.74) is 0.851. The largest absolute Gasteiger partial charge is 0.388 e. The van der Waals surface area contributed by atoms with Crippen molar-refractivity contribution in [2.24, 2.45) is 0 Å². The van der Waals surface area contributed by atoms with Crippen LogP contribution < -0.4 is 10.6 Å². The Kier molecular flexibility index (Phi) is 11.5. The van der Waals surface area contributed by atoms with Crippen molar-refractivity contribution in [3.8, 4) is 0 Å². The van der Waals surface area contributed by atoms with Gasteiger partial charge in [0.15, 0.2) is 11.5 Å². The van der Waals surface area contributed by atoms with Crippen LogP contribution in [0.25, 0.3) is 0 Å². The number of carbonyl (C=O) groups is 1. The molecule has 1 heterocycles. The third-order valence-corrected chi connectivity index (χ3v) is 2.90. The highest BCUT2D eigenvalue weighted by Gasteiger charge is 2.17. The lowest BCUT2D eigenvalue weighted by Crippen LogP contribution is -2.28. The quantitative estimate of drug-likeness (QED) is 0.607. The number of rotatable bonds is 9. The van der Waals surface area contributed by atoms with Crippen LogP contribution in [-0.2, 0) is 6.61 Å².